The monoisotopic (exact) mass is 305 g/mol. The van der Waals surface area contributed by atoms with E-state index in [1.807, 2.05) is 24.3 Å². The molecule has 2 aromatic carbocycles. The summed E-state index contributed by atoms with van der Waals surface area (Å²) in [4.78, 5) is 16.4. The minimum absolute atomic E-state index is 0.305. The second-order valence-corrected chi connectivity index (χ2v) is 5.01. The third-order valence-corrected chi connectivity index (χ3v) is 3.40. The first-order valence-electron chi connectivity index (χ1n) is 5.83. The van der Waals surface area contributed by atoms with E-state index in [0.29, 0.717) is 15.6 Å². The lowest BCUT2D eigenvalue weighted by Crippen LogP contribution is -2.22. The van der Waals surface area contributed by atoms with Crippen LogP contribution in [0.2, 0.25) is 10.0 Å². The Balaban J connectivity index is 1.92. The smallest absolute Gasteiger partial charge is 0.267 e. The predicted molar refractivity (Wildman–Crippen MR) is 79.9 cm³/mol. The molecule has 3 aromatic rings. The van der Waals surface area contributed by atoms with Gasteiger partial charge in [-0.3, -0.25) is 10.2 Å². The third-order valence-electron chi connectivity index (χ3n) is 2.85. The number of aromatic nitrogens is 2. The van der Waals surface area contributed by atoms with Gasteiger partial charge in [-0.25, -0.2) is 9.66 Å². The van der Waals surface area contributed by atoms with E-state index in [0.717, 1.165) is 11.0 Å². The van der Waals surface area contributed by atoms with Crippen LogP contribution in [0.15, 0.2) is 48.8 Å². The lowest BCUT2D eigenvalue weighted by Gasteiger charge is -2.08. The van der Waals surface area contributed by atoms with Crippen molar-refractivity contribution >= 4 is 40.1 Å². The molecule has 4 nitrogen and oxygen atoms in total. The molecule has 0 aliphatic carbocycles. The molecule has 1 aromatic heterocycles. The van der Waals surface area contributed by atoms with Crippen LogP contribution < -0.4 is 5.43 Å². The number of nitrogens with one attached hydrogen (secondary N) is 1. The molecule has 0 fully saturated rings. The van der Waals surface area contributed by atoms with Crippen LogP contribution in [0.1, 0.15) is 10.4 Å². The van der Waals surface area contributed by atoms with Gasteiger partial charge in [0.15, 0.2) is 0 Å². The maximum absolute atomic E-state index is 12.2. The summed E-state index contributed by atoms with van der Waals surface area (Å²) in [6, 6.07) is 12.2. The molecule has 0 bridgehead atoms. The van der Waals surface area contributed by atoms with Crippen LogP contribution >= 0.6 is 23.2 Å². The van der Waals surface area contributed by atoms with Crippen molar-refractivity contribution in [2.24, 2.45) is 0 Å². The van der Waals surface area contributed by atoms with E-state index in [4.69, 9.17) is 23.2 Å². The normalized spacial score (nSPS) is 10.7. The molecule has 6 heteroatoms. The van der Waals surface area contributed by atoms with E-state index in [-0.39, 0.29) is 5.91 Å². The van der Waals surface area contributed by atoms with Crippen molar-refractivity contribution < 1.29 is 4.79 Å². The van der Waals surface area contributed by atoms with E-state index in [1.54, 1.807) is 23.1 Å². The van der Waals surface area contributed by atoms with Crippen LogP contribution in [-0.4, -0.2) is 15.6 Å². The molecule has 1 amide bonds. The molecular weight excluding hydrogens is 297 g/mol. The van der Waals surface area contributed by atoms with Gasteiger partial charge in [-0.1, -0.05) is 35.3 Å². The highest BCUT2D eigenvalue weighted by molar-refractivity contribution is 6.37. The molecule has 3 rings (SSSR count). The van der Waals surface area contributed by atoms with Crippen molar-refractivity contribution in [1.82, 2.24) is 9.66 Å². The third kappa shape index (κ3) is 2.35. The van der Waals surface area contributed by atoms with Gasteiger partial charge in [0.2, 0.25) is 0 Å². The standard InChI is InChI=1S/C14H9Cl2N3O/c15-9-5-6-10(11(16)7-9)14(20)18-19-8-17-12-3-1-2-4-13(12)19/h1-8H,(H,18,20). The van der Waals surface area contributed by atoms with Gasteiger partial charge in [0.05, 0.1) is 21.6 Å². The van der Waals surface area contributed by atoms with Crippen molar-refractivity contribution in [3.63, 3.8) is 0 Å². The fourth-order valence-corrected chi connectivity index (χ4v) is 2.39. The molecular formula is C14H9Cl2N3O. The van der Waals surface area contributed by atoms with Crippen molar-refractivity contribution in [1.29, 1.82) is 0 Å². The summed E-state index contributed by atoms with van der Waals surface area (Å²) in [5.41, 5.74) is 4.70. The molecule has 0 aliphatic rings. The Labute approximate surface area is 124 Å². The number of para-hydroxylation sites is 2. The predicted octanol–water partition coefficient (Wildman–Crippen LogP) is 3.73. The lowest BCUT2D eigenvalue weighted by molar-refractivity contribution is 0.101. The Bertz CT molecular complexity index is 798. The number of hydrogen-bond acceptors (Lipinski definition) is 2. The minimum atomic E-state index is -0.324. The van der Waals surface area contributed by atoms with Gasteiger partial charge in [-0.2, -0.15) is 0 Å². The van der Waals surface area contributed by atoms with Crippen molar-refractivity contribution in [2.75, 3.05) is 5.43 Å². The van der Waals surface area contributed by atoms with Crippen LogP contribution in [0.25, 0.3) is 11.0 Å². The number of carbonyl (C=O) groups is 1. The lowest BCUT2D eigenvalue weighted by atomic mass is 10.2. The van der Waals surface area contributed by atoms with Crippen LogP contribution in [0, 0.1) is 0 Å². The van der Waals surface area contributed by atoms with Crippen molar-refractivity contribution in [2.45, 2.75) is 0 Å². The molecule has 0 radical (unpaired) electrons. The molecule has 0 spiro atoms. The quantitative estimate of drug-likeness (QED) is 0.784. The first-order valence-corrected chi connectivity index (χ1v) is 6.59. The van der Waals surface area contributed by atoms with Gasteiger partial charge in [0.25, 0.3) is 5.91 Å². The van der Waals surface area contributed by atoms with Gasteiger partial charge in [-0.15, -0.1) is 0 Å². The van der Waals surface area contributed by atoms with Crippen LogP contribution in [0.3, 0.4) is 0 Å². The molecule has 1 N–H and O–H groups in total. The number of fused-ring (bicyclic) bond motifs is 1. The number of halogens is 2. The highest BCUT2D eigenvalue weighted by Gasteiger charge is 2.12. The van der Waals surface area contributed by atoms with Crippen LogP contribution in [-0.2, 0) is 0 Å². The molecule has 100 valence electrons. The number of benzene rings is 2. The van der Waals surface area contributed by atoms with Crippen molar-refractivity contribution in [3.8, 4) is 0 Å². The summed E-state index contributed by atoms with van der Waals surface area (Å²) < 4.78 is 1.56. The van der Waals surface area contributed by atoms with E-state index < -0.39 is 0 Å². The van der Waals surface area contributed by atoms with Crippen LogP contribution in [0.4, 0.5) is 0 Å². The molecule has 0 atom stereocenters. The van der Waals surface area contributed by atoms with E-state index in [2.05, 4.69) is 10.4 Å². The zero-order valence-electron chi connectivity index (χ0n) is 10.2. The molecule has 1 heterocycles. The minimum Gasteiger partial charge on any atom is -0.267 e. The Morgan fingerprint density at radius 1 is 1.15 bits per heavy atom. The molecule has 0 unspecified atom stereocenters. The zero-order valence-corrected chi connectivity index (χ0v) is 11.7. The first kappa shape index (κ1) is 13.0. The van der Waals surface area contributed by atoms with Crippen LogP contribution in [0.5, 0.6) is 0 Å². The topological polar surface area (TPSA) is 46.9 Å². The van der Waals surface area contributed by atoms with Gasteiger partial charge in [0.1, 0.15) is 6.33 Å². The summed E-state index contributed by atoms with van der Waals surface area (Å²) in [7, 11) is 0. The average molecular weight is 306 g/mol. The fourth-order valence-electron chi connectivity index (χ4n) is 1.89. The fraction of sp³-hybridized carbons (Fsp3) is 0. The van der Waals surface area contributed by atoms with Gasteiger partial charge < -0.3 is 0 Å². The van der Waals surface area contributed by atoms with Gasteiger partial charge >= 0.3 is 0 Å². The Morgan fingerprint density at radius 3 is 2.75 bits per heavy atom. The van der Waals surface area contributed by atoms with Gasteiger partial charge in [0, 0.05) is 5.02 Å². The maximum atomic E-state index is 12.2. The maximum Gasteiger partial charge on any atom is 0.271 e. The highest BCUT2D eigenvalue weighted by Crippen LogP contribution is 2.21. The molecule has 0 aliphatic heterocycles. The average Bonchev–Trinajstić information content (AvgIpc) is 2.82. The second kappa shape index (κ2) is 5.15. The Kier molecular flexibility index (Phi) is 3.34. The van der Waals surface area contributed by atoms with Gasteiger partial charge in [-0.05, 0) is 30.3 Å². The molecule has 0 saturated carbocycles. The number of hydrogen-bond donors (Lipinski definition) is 1. The molecule has 20 heavy (non-hydrogen) atoms. The van der Waals surface area contributed by atoms with Crippen molar-refractivity contribution in [3.05, 3.63) is 64.4 Å². The number of nitrogens with zero attached hydrogens (tertiary/aromatic N) is 2. The SMILES string of the molecule is O=C(Nn1cnc2ccccc21)c1ccc(Cl)cc1Cl. The summed E-state index contributed by atoms with van der Waals surface area (Å²) in [5, 5.41) is 0.791. The Morgan fingerprint density at radius 2 is 1.95 bits per heavy atom. The Hall–Kier alpha value is -2.04. The summed E-state index contributed by atoms with van der Waals surface area (Å²) in [6.07, 6.45) is 1.55. The van der Waals surface area contributed by atoms with E-state index in [1.165, 1.54) is 6.07 Å². The zero-order chi connectivity index (χ0) is 14.1. The second-order valence-electron chi connectivity index (χ2n) is 4.17. The number of imidazole rings is 1. The number of carbonyl (C=O) groups excluding carboxylic acids is 1. The molecule has 0 saturated heterocycles. The summed E-state index contributed by atoms with van der Waals surface area (Å²) >= 11 is 11.8. The largest absolute Gasteiger partial charge is 0.271 e. The van der Waals surface area contributed by atoms with E-state index in [9.17, 15) is 4.79 Å². The van der Waals surface area contributed by atoms with E-state index >= 15 is 0 Å². The number of amides is 1. The summed E-state index contributed by atoms with van der Waals surface area (Å²) in [6.45, 7) is 0. The summed E-state index contributed by atoms with van der Waals surface area (Å²) in [5.74, 6) is -0.324. The number of rotatable bonds is 2. The highest BCUT2D eigenvalue weighted by atomic mass is 35.5. The first-order chi connectivity index (χ1) is 9.65.